The molecule has 4 N–H and O–H groups in total. The highest BCUT2D eigenvalue weighted by Crippen LogP contribution is 2.21. The Bertz CT molecular complexity index is 604. The second-order valence-electron chi connectivity index (χ2n) is 5.29. The Morgan fingerprint density at radius 3 is 2.89 bits per heavy atom. The number of fused-ring (bicyclic) bond motifs is 1. The summed E-state index contributed by atoms with van der Waals surface area (Å²) in [5.74, 6) is -0.487. The SMILES string of the molecule is CC(C)(CN)NC(=O)Cc1c[nH]c2cccc(F)c12. The molecule has 0 atom stereocenters. The van der Waals surface area contributed by atoms with Crippen LogP contribution in [0.3, 0.4) is 0 Å². The number of hydrogen-bond acceptors (Lipinski definition) is 2. The molecule has 102 valence electrons. The van der Waals surface area contributed by atoms with Crippen LogP contribution >= 0.6 is 0 Å². The lowest BCUT2D eigenvalue weighted by Crippen LogP contribution is -2.49. The zero-order valence-corrected chi connectivity index (χ0v) is 11.1. The molecule has 2 rings (SSSR count). The van der Waals surface area contributed by atoms with Crippen LogP contribution in [-0.2, 0) is 11.2 Å². The lowest BCUT2D eigenvalue weighted by Gasteiger charge is -2.24. The number of aromatic nitrogens is 1. The largest absolute Gasteiger partial charge is 0.361 e. The molecule has 19 heavy (non-hydrogen) atoms. The second kappa shape index (κ2) is 5.01. The van der Waals surface area contributed by atoms with E-state index in [9.17, 15) is 9.18 Å². The van der Waals surface area contributed by atoms with Crippen LogP contribution in [0.1, 0.15) is 19.4 Å². The summed E-state index contributed by atoms with van der Waals surface area (Å²) >= 11 is 0. The van der Waals surface area contributed by atoms with Crippen molar-refractivity contribution in [3.63, 3.8) is 0 Å². The van der Waals surface area contributed by atoms with Gasteiger partial charge >= 0.3 is 0 Å². The summed E-state index contributed by atoms with van der Waals surface area (Å²) in [5.41, 5.74) is 6.45. The highest BCUT2D eigenvalue weighted by Gasteiger charge is 2.19. The highest BCUT2D eigenvalue weighted by molar-refractivity contribution is 5.89. The lowest BCUT2D eigenvalue weighted by molar-refractivity contribution is -0.121. The van der Waals surface area contributed by atoms with E-state index in [4.69, 9.17) is 5.73 Å². The number of nitrogens with two attached hydrogens (primary N) is 1. The molecule has 0 saturated heterocycles. The molecule has 0 aliphatic rings. The normalized spacial score (nSPS) is 11.8. The molecular formula is C14H18FN3O. The van der Waals surface area contributed by atoms with Crippen molar-refractivity contribution in [2.75, 3.05) is 6.54 Å². The van der Waals surface area contributed by atoms with Crippen LogP contribution in [0.5, 0.6) is 0 Å². The lowest BCUT2D eigenvalue weighted by atomic mass is 10.0. The van der Waals surface area contributed by atoms with E-state index in [1.165, 1.54) is 6.07 Å². The molecule has 0 aliphatic carbocycles. The fraction of sp³-hybridized carbons (Fsp3) is 0.357. The Morgan fingerprint density at radius 1 is 1.47 bits per heavy atom. The third kappa shape index (κ3) is 2.93. The van der Waals surface area contributed by atoms with Crippen LogP contribution in [0.4, 0.5) is 4.39 Å². The maximum Gasteiger partial charge on any atom is 0.224 e. The van der Waals surface area contributed by atoms with Crippen molar-refractivity contribution in [3.05, 3.63) is 35.8 Å². The van der Waals surface area contributed by atoms with E-state index in [1.807, 2.05) is 13.8 Å². The highest BCUT2D eigenvalue weighted by atomic mass is 19.1. The van der Waals surface area contributed by atoms with Gasteiger partial charge < -0.3 is 16.0 Å². The molecule has 0 aliphatic heterocycles. The number of carbonyl (C=O) groups is 1. The molecule has 5 heteroatoms. The number of nitrogens with one attached hydrogen (secondary N) is 2. The molecule has 0 radical (unpaired) electrons. The molecule has 0 bridgehead atoms. The van der Waals surface area contributed by atoms with Crippen LogP contribution < -0.4 is 11.1 Å². The van der Waals surface area contributed by atoms with Gasteiger partial charge in [-0.1, -0.05) is 6.07 Å². The fourth-order valence-corrected chi connectivity index (χ4v) is 1.99. The molecule has 2 aromatic rings. The molecule has 1 heterocycles. The fourth-order valence-electron chi connectivity index (χ4n) is 1.99. The number of rotatable bonds is 4. The van der Waals surface area contributed by atoms with Gasteiger partial charge in [-0.25, -0.2) is 4.39 Å². The van der Waals surface area contributed by atoms with Crippen molar-refractivity contribution in [1.29, 1.82) is 0 Å². The van der Waals surface area contributed by atoms with E-state index in [0.717, 1.165) is 0 Å². The number of benzene rings is 1. The summed E-state index contributed by atoms with van der Waals surface area (Å²) < 4.78 is 13.8. The van der Waals surface area contributed by atoms with Crippen LogP contribution in [0, 0.1) is 5.82 Å². The van der Waals surface area contributed by atoms with Gasteiger partial charge in [-0.2, -0.15) is 0 Å². The number of H-pyrrole nitrogens is 1. The smallest absolute Gasteiger partial charge is 0.224 e. The number of amides is 1. The Kier molecular flexibility index (Phi) is 3.57. The minimum Gasteiger partial charge on any atom is -0.361 e. The predicted molar refractivity (Wildman–Crippen MR) is 73.2 cm³/mol. The monoisotopic (exact) mass is 263 g/mol. The first-order valence-corrected chi connectivity index (χ1v) is 6.18. The van der Waals surface area contributed by atoms with Gasteiger partial charge in [0.25, 0.3) is 0 Å². The van der Waals surface area contributed by atoms with Crippen LogP contribution in [-0.4, -0.2) is 23.0 Å². The maximum atomic E-state index is 13.8. The number of hydrogen-bond donors (Lipinski definition) is 3. The number of carbonyl (C=O) groups excluding carboxylic acids is 1. The second-order valence-corrected chi connectivity index (χ2v) is 5.29. The summed E-state index contributed by atoms with van der Waals surface area (Å²) in [6.45, 7) is 4.04. The van der Waals surface area contributed by atoms with Crippen molar-refractivity contribution in [3.8, 4) is 0 Å². The van der Waals surface area contributed by atoms with Gasteiger partial charge in [-0.15, -0.1) is 0 Å². The first kappa shape index (κ1) is 13.5. The molecule has 1 aromatic heterocycles. The van der Waals surface area contributed by atoms with Gasteiger partial charge in [-0.05, 0) is 31.5 Å². The molecule has 0 fully saturated rings. The molecule has 4 nitrogen and oxygen atoms in total. The Labute approximate surface area is 111 Å². The third-order valence-corrected chi connectivity index (χ3v) is 3.08. The zero-order valence-electron chi connectivity index (χ0n) is 11.1. The van der Waals surface area contributed by atoms with E-state index in [1.54, 1.807) is 18.3 Å². The summed E-state index contributed by atoms with van der Waals surface area (Å²) in [7, 11) is 0. The van der Waals surface area contributed by atoms with Crippen molar-refractivity contribution in [2.45, 2.75) is 25.8 Å². The van der Waals surface area contributed by atoms with Gasteiger partial charge in [-0.3, -0.25) is 4.79 Å². The molecule has 1 amide bonds. The summed E-state index contributed by atoms with van der Waals surface area (Å²) in [5, 5.41) is 3.30. The maximum absolute atomic E-state index is 13.8. The molecule has 0 spiro atoms. The standard InChI is InChI=1S/C14H18FN3O/c1-14(2,8-16)18-12(19)6-9-7-17-11-5-3-4-10(15)13(9)11/h3-5,7,17H,6,8,16H2,1-2H3,(H,18,19). The number of halogens is 1. The van der Waals surface area contributed by atoms with E-state index in [-0.39, 0.29) is 18.1 Å². The van der Waals surface area contributed by atoms with Gasteiger partial charge in [0.05, 0.1) is 6.42 Å². The minimum absolute atomic E-state index is 0.129. The van der Waals surface area contributed by atoms with E-state index in [2.05, 4.69) is 10.3 Å². The average molecular weight is 263 g/mol. The molecule has 0 unspecified atom stereocenters. The van der Waals surface area contributed by atoms with E-state index in [0.29, 0.717) is 23.0 Å². The summed E-state index contributed by atoms with van der Waals surface area (Å²) in [6, 6.07) is 4.81. The topological polar surface area (TPSA) is 70.9 Å². The Balaban J connectivity index is 2.20. The zero-order chi connectivity index (χ0) is 14.0. The summed E-state index contributed by atoms with van der Waals surface area (Å²) in [4.78, 5) is 14.9. The quantitative estimate of drug-likeness (QED) is 0.785. The van der Waals surface area contributed by atoms with Crippen LogP contribution in [0.25, 0.3) is 10.9 Å². The Morgan fingerprint density at radius 2 is 2.21 bits per heavy atom. The van der Waals surface area contributed by atoms with E-state index < -0.39 is 5.54 Å². The molecular weight excluding hydrogens is 245 g/mol. The number of aromatic amines is 1. The Hall–Kier alpha value is -1.88. The van der Waals surface area contributed by atoms with Crippen LogP contribution in [0.15, 0.2) is 24.4 Å². The average Bonchev–Trinajstić information content (AvgIpc) is 2.73. The first-order chi connectivity index (χ1) is 8.93. The molecule has 0 saturated carbocycles. The van der Waals surface area contributed by atoms with Crippen LogP contribution in [0.2, 0.25) is 0 Å². The van der Waals surface area contributed by atoms with Gasteiger partial charge in [0.1, 0.15) is 5.82 Å². The van der Waals surface area contributed by atoms with Gasteiger partial charge in [0, 0.05) is 29.2 Å². The van der Waals surface area contributed by atoms with E-state index >= 15 is 0 Å². The minimum atomic E-state index is -0.457. The van der Waals surface area contributed by atoms with Crippen molar-refractivity contribution in [2.24, 2.45) is 5.73 Å². The molecule has 1 aromatic carbocycles. The van der Waals surface area contributed by atoms with Crippen molar-refractivity contribution < 1.29 is 9.18 Å². The predicted octanol–water partition coefficient (Wildman–Crippen LogP) is 1.70. The van der Waals surface area contributed by atoms with Gasteiger partial charge in [0.15, 0.2) is 0 Å². The van der Waals surface area contributed by atoms with Crippen molar-refractivity contribution in [1.82, 2.24) is 10.3 Å². The van der Waals surface area contributed by atoms with Gasteiger partial charge in [0.2, 0.25) is 5.91 Å². The summed E-state index contributed by atoms with van der Waals surface area (Å²) in [6.07, 6.45) is 1.80. The first-order valence-electron chi connectivity index (χ1n) is 6.18. The third-order valence-electron chi connectivity index (χ3n) is 3.08. The van der Waals surface area contributed by atoms with Crippen molar-refractivity contribution >= 4 is 16.8 Å².